The zero-order valence-corrected chi connectivity index (χ0v) is 19.5. The molecule has 7 nitrogen and oxygen atoms in total. The Morgan fingerprint density at radius 2 is 1.76 bits per heavy atom. The molecular formula is C26H27N3O4. The van der Waals surface area contributed by atoms with Crippen LogP contribution in [0.25, 0.3) is 0 Å². The molecule has 0 bridgehead atoms. The van der Waals surface area contributed by atoms with Gasteiger partial charge in [0.05, 0.1) is 25.5 Å². The zero-order valence-electron chi connectivity index (χ0n) is 19.5. The Balaban J connectivity index is 2.02. The molecule has 0 radical (unpaired) electrons. The molecule has 0 fully saturated rings. The summed E-state index contributed by atoms with van der Waals surface area (Å²) in [6, 6.07) is 13.3. The SMILES string of the molecule is COc1ccc(CCn2c(O)c(C=Nc3c(C)cccc3C)c(C)c(C#N)c2=O)cc1OC. The number of hydrogen-bond acceptors (Lipinski definition) is 6. The van der Waals surface area contributed by atoms with Crippen LogP contribution in [0.3, 0.4) is 0 Å². The highest BCUT2D eigenvalue weighted by Gasteiger charge is 2.18. The topological polar surface area (TPSA) is 96.8 Å². The molecule has 0 saturated heterocycles. The molecule has 0 aliphatic heterocycles. The predicted octanol–water partition coefficient (Wildman–Crippen LogP) is 4.36. The number of nitriles is 1. The smallest absolute Gasteiger partial charge is 0.271 e. The average Bonchev–Trinajstić information content (AvgIpc) is 2.80. The van der Waals surface area contributed by atoms with Crippen LogP contribution < -0.4 is 15.0 Å². The maximum Gasteiger partial charge on any atom is 0.271 e. The fourth-order valence-corrected chi connectivity index (χ4v) is 3.75. The van der Waals surface area contributed by atoms with E-state index in [0.717, 1.165) is 22.4 Å². The van der Waals surface area contributed by atoms with Gasteiger partial charge in [0.15, 0.2) is 11.5 Å². The lowest BCUT2D eigenvalue weighted by Crippen LogP contribution is -2.26. The minimum Gasteiger partial charge on any atom is -0.494 e. The van der Waals surface area contributed by atoms with E-state index in [1.165, 1.54) is 10.8 Å². The van der Waals surface area contributed by atoms with Gasteiger partial charge in [-0.25, -0.2) is 0 Å². The monoisotopic (exact) mass is 445 g/mol. The molecule has 0 spiro atoms. The minimum absolute atomic E-state index is 0.0110. The number of hydrogen-bond donors (Lipinski definition) is 1. The predicted molar refractivity (Wildman–Crippen MR) is 128 cm³/mol. The molecule has 170 valence electrons. The summed E-state index contributed by atoms with van der Waals surface area (Å²) in [6.07, 6.45) is 1.96. The third kappa shape index (κ3) is 4.75. The lowest BCUT2D eigenvalue weighted by atomic mass is 10.0. The summed E-state index contributed by atoms with van der Waals surface area (Å²) < 4.78 is 11.8. The van der Waals surface area contributed by atoms with E-state index >= 15 is 0 Å². The van der Waals surface area contributed by atoms with Gasteiger partial charge in [-0.05, 0) is 61.6 Å². The van der Waals surface area contributed by atoms with E-state index < -0.39 is 5.56 Å². The van der Waals surface area contributed by atoms with Crippen LogP contribution >= 0.6 is 0 Å². The van der Waals surface area contributed by atoms with Crippen molar-refractivity contribution in [3.63, 3.8) is 0 Å². The summed E-state index contributed by atoms with van der Waals surface area (Å²) in [5.41, 5.74) is 3.87. The van der Waals surface area contributed by atoms with Crippen LogP contribution in [0, 0.1) is 32.1 Å². The largest absolute Gasteiger partial charge is 0.494 e. The molecular weight excluding hydrogens is 418 g/mol. The fourth-order valence-electron chi connectivity index (χ4n) is 3.75. The molecule has 33 heavy (non-hydrogen) atoms. The van der Waals surface area contributed by atoms with Gasteiger partial charge in [0, 0.05) is 12.8 Å². The van der Waals surface area contributed by atoms with Gasteiger partial charge in [0.1, 0.15) is 11.6 Å². The van der Waals surface area contributed by atoms with Gasteiger partial charge in [-0.2, -0.15) is 5.26 Å². The number of pyridine rings is 1. The van der Waals surface area contributed by atoms with Crippen molar-refractivity contribution in [1.29, 1.82) is 5.26 Å². The number of methoxy groups -OCH3 is 2. The number of aryl methyl sites for hydroxylation is 3. The summed E-state index contributed by atoms with van der Waals surface area (Å²) in [4.78, 5) is 17.5. The first-order chi connectivity index (χ1) is 15.8. The Hall–Kier alpha value is -4.05. The molecule has 3 aromatic rings. The molecule has 1 heterocycles. The summed E-state index contributed by atoms with van der Waals surface area (Å²) in [5, 5.41) is 20.6. The lowest BCUT2D eigenvalue weighted by molar-refractivity contribution is 0.354. The van der Waals surface area contributed by atoms with E-state index in [4.69, 9.17) is 9.47 Å². The number of para-hydroxylation sites is 1. The standard InChI is InChI=1S/C26H27N3O4/c1-16-7-6-8-17(2)24(16)28-15-21-18(3)20(14-27)25(30)29(26(21)31)12-11-19-9-10-22(32-4)23(13-19)33-5/h6-10,13,15,31H,11-12H2,1-5H3. The van der Waals surface area contributed by atoms with Crippen LogP contribution in [0.15, 0.2) is 46.2 Å². The van der Waals surface area contributed by atoms with E-state index in [-0.39, 0.29) is 18.0 Å². The number of rotatable bonds is 7. The van der Waals surface area contributed by atoms with Crippen molar-refractivity contribution in [2.75, 3.05) is 14.2 Å². The van der Waals surface area contributed by atoms with Crippen LogP contribution in [-0.2, 0) is 13.0 Å². The molecule has 0 atom stereocenters. The number of aliphatic imine (C=N–C) groups is 1. The van der Waals surface area contributed by atoms with E-state index in [2.05, 4.69) is 4.99 Å². The fraction of sp³-hybridized carbons (Fsp3) is 0.269. The number of ether oxygens (including phenoxy) is 2. The Kier molecular flexibility index (Phi) is 7.19. The third-order valence-corrected chi connectivity index (χ3v) is 5.68. The first-order valence-corrected chi connectivity index (χ1v) is 10.5. The lowest BCUT2D eigenvalue weighted by Gasteiger charge is -2.15. The Morgan fingerprint density at radius 3 is 2.36 bits per heavy atom. The highest BCUT2D eigenvalue weighted by molar-refractivity contribution is 5.88. The Labute approximate surface area is 193 Å². The maximum absolute atomic E-state index is 12.9. The van der Waals surface area contributed by atoms with Gasteiger partial charge in [-0.1, -0.05) is 24.3 Å². The number of benzene rings is 2. The van der Waals surface area contributed by atoms with Crippen molar-refractivity contribution < 1.29 is 14.6 Å². The zero-order chi connectivity index (χ0) is 24.1. The first-order valence-electron chi connectivity index (χ1n) is 10.5. The molecule has 1 N–H and O–H groups in total. The molecule has 0 aliphatic carbocycles. The Bertz CT molecular complexity index is 1300. The van der Waals surface area contributed by atoms with E-state index in [0.29, 0.717) is 29.0 Å². The maximum atomic E-state index is 12.9. The molecule has 2 aromatic carbocycles. The van der Waals surface area contributed by atoms with E-state index in [1.54, 1.807) is 27.2 Å². The Morgan fingerprint density at radius 1 is 1.09 bits per heavy atom. The molecule has 1 aromatic heterocycles. The number of aromatic nitrogens is 1. The van der Waals surface area contributed by atoms with E-state index in [9.17, 15) is 15.2 Å². The quantitative estimate of drug-likeness (QED) is 0.545. The van der Waals surface area contributed by atoms with Crippen LogP contribution in [-0.4, -0.2) is 30.1 Å². The van der Waals surface area contributed by atoms with Crippen molar-refractivity contribution in [3.05, 3.63) is 80.1 Å². The summed E-state index contributed by atoms with van der Waals surface area (Å²) >= 11 is 0. The highest BCUT2D eigenvalue weighted by atomic mass is 16.5. The minimum atomic E-state index is -0.530. The van der Waals surface area contributed by atoms with Gasteiger partial charge < -0.3 is 14.6 Å². The van der Waals surface area contributed by atoms with Gasteiger partial charge in [0.2, 0.25) is 5.88 Å². The summed E-state index contributed by atoms with van der Waals surface area (Å²) in [7, 11) is 3.12. The molecule has 0 unspecified atom stereocenters. The molecule has 3 rings (SSSR count). The van der Waals surface area contributed by atoms with Crippen molar-refractivity contribution in [2.24, 2.45) is 4.99 Å². The second-order valence-electron chi connectivity index (χ2n) is 7.74. The molecule has 0 saturated carbocycles. The van der Waals surface area contributed by atoms with Gasteiger partial charge in [0.25, 0.3) is 5.56 Å². The van der Waals surface area contributed by atoms with Gasteiger partial charge in [-0.15, -0.1) is 0 Å². The van der Waals surface area contributed by atoms with Crippen molar-refractivity contribution in [2.45, 2.75) is 33.7 Å². The molecule has 0 amide bonds. The second kappa shape index (κ2) is 10.0. The molecule has 7 heteroatoms. The van der Waals surface area contributed by atoms with Crippen LogP contribution in [0.1, 0.15) is 33.4 Å². The van der Waals surface area contributed by atoms with Crippen LogP contribution in [0.5, 0.6) is 17.4 Å². The summed E-state index contributed by atoms with van der Waals surface area (Å²) in [5.74, 6) is 0.968. The van der Waals surface area contributed by atoms with Crippen molar-refractivity contribution >= 4 is 11.9 Å². The van der Waals surface area contributed by atoms with E-state index in [1.807, 2.05) is 50.2 Å². The normalized spacial score (nSPS) is 10.9. The van der Waals surface area contributed by atoms with Crippen molar-refractivity contribution in [1.82, 2.24) is 4.57 Å². The van der Waals surface area contributed by atoms with Crippen molar-refractivity contribution in [3.8, 4) is 23.4 Å². The van der Waals surface area contributed by atoms with Gasteiger partial charge >= 0.3 is 0 Å². The van der Waals surface area contributed by atoms with Crippen LogP contribution in [0.2, 0.25) is 0 Å². The number of aromatic hydroxyl groups is 1. The first kappa shape index (κ1) is 23.6. The molecule has 0 aliphatic rings. The third-order valence-electron chi connectivity index (χ3n) is 5.68. The number of nitrogens with zero attached hydrogens (tertiary/aromatic N) is 3. The van der Waals surface area contributed by atoms with Crippen LogP contribution in [0.4, 0.5) is 5.69 Å². The van der Waals surface area contributed by atoms with Gasteiger partial charge in [-0.3, -0.25) is 14.4 Å². The average molecular weight is 446 g/mol. The second-order valence-corrected chi connectivity index (χ2v) is 7.74. The summed E-state index contributed by atoms with van der Waals surface area (Å²) in [6.45, 7) is 5.73. The highest BCUT2D eigenvalue weighted by Crippen LogP contribution is 2.29.